The highest BCUT2D eigenvalue weighted by molar-refractivity contribution is 7.89. The molecular formula is C20H22N2O4S. The van der Waals surface area contributed by atoms with E-state index in [1.807, 2.05) is 31.2 Å². The van der Waals surface area contributed by atoms with Gasteiger partial charge in [-0.05, 0) is 36.2 Å². The summed E-state index contributed by atoms with van der Waals surface area (Å²) in [4.78, 5) is 12.4. The number of hydrogen-bond acceptors (Lipinski definition) is 4. The minimum Gasteiger partial charge on any atom is -0.377 e. The molecule has 2 N–H and O–H groups in total. The van der Waals surface area contributed by atoms with Gasteiger partial charge in [-0.2, -0.15) is 4.72 Å². The second-order valence-corrected chi connectivity index (χ2v) is 7.41. The summed E-state index contributed by atoms with van der Waals surface area (Å²) in [5.74, 6) is 1.84. The molecule has 0 saturated carbocycles. The molecule has 1 amide bonds. The van der Waals surface area contributed by atoms with E-state index in [0.29, 0.717) is 19.8 Å². The van der Waals surface area contributed by atoms with Gasteiger partial charge in [0.15, 0.2) is 0 Å². The minimum atomic E-state index is -3.75. The molecule has 6 nitrogen and oxygen atoms in total. The van der Waals surface area contributed by atoms with Crippen LogP contribution in [-0.2, 0) is 27.9 Å². The highest BCUT2D eigenvalue weighted by Gasteiger charge is 2.15. The molecule has 0 heterocycles. The molecule has 2 aromatic rings. The smallest absolute Gasteiger partial charge is 0.251 e. The maximum absolute atomic E-state index is 12.4. The Bertz CT molecular complexity index is 933. The zero-order chi connectivity index (χ0) is 19.7. The van der Waals surface area contributed by atoms with E-state index in [9.17, 15) is 13.2 Å². The molecule has 0 unspecified atom stereocenters. The Hall–Kier alpha value is -2.66. The second kappa shape index (κ2) is 9.88. The van der Waals surface area contributed by atoms with Gasteiger partial charge in [0, 0.05) is 18.7 Å². The van der Waals surface area contributed by atoms with E-state index >= 15 is 0 Å². The zero-order valence-electron chi connectivity index (χ0n) is 15.1. The number of ether oxygens (including phenoxy) is 1. The molecule has 0 radical (unpaired) electrons. The van der Waals surface area contributed by atoms with E-state index in [1.54, 1.807) is 6.07 Å². The van der Waals surface area contributed by atoms with Crippen LogP contribution in [0.4, 0.5) is 0 Å². The molecule has 0 saturated heterocycles. The summed E-state index contributed by atoms with van der Waals surface area (Å²) in [6, 6.07) is 13.5. The van der Waals surface area contributed by atoms with Gasteiger partial charge in [-0.15, -0.1) is 6.42 Å². The summed E-state index contributed by atoms with van der Waals surface area (Å²) in [5, 5.41) is 2.81. The summed E-state index contributed by atoms with van der Waals surface area (Å²) in [7, 11) is -3.75. The Labute approximate surface area is 160 Å². The predicted molar refractivity (Wildman–Crippen MR) is 103 cm³/mol. The van der Waals surface area contributed by atoms with Crippen molar-refractivity contribution in [3.8, 4) is 12.3 Å². The quantitative estimate of drug-likeness (QED) is 0.646. The monoisotopic (exact) mass is 386 g/mol. The van der Waals surface area contributed by atoms with Gasteiger partial charge in [-0.25, -0.2) is 8.42 Å². The lowest BCUT2D eigenvalue weighted by molar-refractivity contribution is 0.0949. The topological polar surface area (TPSA) is 84.5 Å². The lowest BCUT2D eigenvalue weighted by Gasteiger charge is -2.11. The zero-order valence-corrected chi connectivity index (χ0v) is 15.9. The second-order valence-electron chi connectivity index (χ2n) is 5.65. The molecule has 2 rings (SSSR count). The van der Waals surface area contributed by atoms with Crippen molar-refractivity contribution < 1.29 is 17.9 Å². The molecule has 2 aromatic carbocycles. The molecule has 0 aliphatic carbocycles. The van der Waals surface area contributed by atoms with E-state index < -0.39 is 10.0 Å². The fraction of sp³-hybridized carbons (Fsp3) is 0.250. The molecule has 0 aromatic heterocycles. The van der Waals surface area contributed by atoms with Crippen molar-refractivity contribution in [2.75, 3.05) is 13.2 Å². The van der Waals surface area contributed by atoms with Gasteiger partial charge >= 0.3 is 0 Å². The third-order valence-electron chi connectivity index (χ3n) is 3.79. The summed E-state index contributed by atoms with van der Waals surface area (Å²) in [5.41, 5.74) is 2.19. The first kappa shape index (κ1) is 20.6. The average molecular weight is 386 g/mol. The number of carbonyl (C=O) groups is 1. The third-order valence-corrected chi connectivity index (χ3v) is 5.19. The highest BCUT2D eigenvalue weighted by atomic mass is 32.2. The van der Waals surface area contributed by atoms with Crippen molar-refractivity contribution in [3.63, 3.8) is 0 Å². The first-order valence-electron chi connectivity index (χ1n) is 8.44. The highest BCUT2D eigenvalue weighted by Crippen LogP contribution is 2.13. The number of nitrogens with one attached hydrogen (secondary N) is 2. The molecule has 0 aliphatic rings. The van der Waals surface area contributed by atoms with Crippen molar-refractivity contribution in [2.45, 2.75) is 25.0 Å². The normalized spacial score (nSPS) is 11.0. The van der Waals surface area contributed by atoms with Crippen LogP contribution in [0.1, 0.15) is 28.4 Å². The van der Waals surface area contributed by atoms with Gasteiger partial charge in [0.2, 0.25) is 10.0 Å². The SMILES string of the molecule is C#CCNS(=O)(=O)c1cccc(C(=O)NCc2ccccc2COCC)c1. The Balaban J connectivity index is 2.09. The van der Waals surface area contributed by atoms with E-state index in [0.717, 1.165) is 11.1 Å². The maximum atomic E-state index is 12.4. The van der Waals surface area contributed by atoms with Crippen LogP contribution in [0.25, 0.3) is 0 Å². The largest absolute Gasteiger partial charge is 0.377 e. The lowest BCUT2D eigenvalue weighted by atomic mass is 10.1. The summed E-state index contributed by atoms with van der Waals surface area (Å²) < 4.78 is 32.0. The molecule has 27 heavy (non-hydrogen) atoms. The van der Waals surface area contributed by atoms with Crippen LogP contribution in [0.5, 0.6) is 0 Å². The molecule has 7 heteroatoms. The van der Waals surface area contributed by atoms with Crippen LogP contribution in [0, 0.1) is 12.3 Å². The van der Waals surface area contributed by atoms with Crippen LogP contribution in [0.15, 0.2) is 53.4 Å². The molecule has 0 bridgehead atoms. The summed E-state index contributed by atoms with van der Waals surface area (Å²) in [6.45, 7) is 3.19. The molecule has 0 spiro atoms. The van der Waals surface area contributed by atoms with Gasteiger partial charge < -0.3 is 10.1 Å². The van der Waals surface area contributed by atoms with Crippen molar-refractivity contribution in [2.24, 2.45) is 0 Å². The number of carbonyl (C=O) groups excluding carboxylic acids is 1. The predicted octanol–water partition coefficient (Wildman–Crippen LogP) is 2.06. The van der Waals surface area contributed by atoms with Crippen LogP contribution in [0.3, 0.4) is 0 Å². The van der Waals surface area contributed by atoms with Crippen molar-refractivity contribution in [1.29, 1.82) is 0 Å². The Kier molecular flexibility index (Phi) is 7.55. The number of benzene rings is 2. The lowest BCUT2D eigenvalue weighted by Crippen LogP contribution is -2.26. The first-order valence-corrected chi connectivity index (χ1v) is 9.92. The number of rotatable bonds is 9. The van der Waals surface area contributed by atoms with E-state index in [2.05, 4.69) is 16.0 Å². The Morgan fingerprint density at radius 2 is 1.89 bits per heavy atom. The first-order chi connectivity index (χ1) is 13.0. The summed E-state index contributed by atoms with van der Waals surface area (Å²) in [6.07, 6.45) is 5.08. The van der Waals surface area contributed by atoms with E-state index in [4.69, 9.17) is 11.2 Å². The van der Waals surface area contributed by atoms with Crippen LogP contribution in [-0.4, -0.2) is 27.5 Å². The molecule has 0 fully saturated rings. The molecular weight excluding hydrogens is 364 g/mol. The van der Waals surface area contributed by atoms with Crippen molar-refractivity contribution in [1.82, 2.24) is 10.0 Å². The van der Waals surface area contributed by atoms with Crippen LogP contribution in [0.2, 0.25) is 0 Å². The number of hydrogen-bond donors (Lipinski definition) is 2. The third kappa shape index (κ3) is 5.93. The fourth-order valence-electron chi connectivity index (χ4n) is 2.38. The van der Waals surface area contributed by atoms with Crippen molar-refractivity contribution in [3.05, 3.63) is 65.2 Å². The standard InChI is InChI=1S/C20H22N2O4S/c1-3-12-22-27(24,25)19-11-7-10-16(13-19)20(23)21-14-17-8-5-6-9-18(17)15-26-4-2/h1,5-11,13,22H,4,12,14-15H2,2H3,(H,21,23). The number of terminal acetylenes is 1. The van der Waals surface area contributed by atoms with Gasteiger partial charge in [0.25, 0.3) is 5.91 Å². The average Bonchev–Trinajstić information content (AvgIpc) is 2.69. The molecule has 0 aliphatic heterocycles. The van der Waals surface area contributed by atoms with Gasteiger partial charge in [-0.1, -0.05) is 36.3 Å². The summed E-state index contributed by atoms with van der Waals surface area (Å²) >= 11 is 0. The van der Waals surface area contributed by atoms with E-state index in [1.165, 1.54) is 18.2 Å². The molecule has 142 valence electrons. The number of sulfonamides is 1. The Morgan fingerprint density at radius 1 is 1.15 bits per heavy atom. The van der Waals surface area contributed by atoms with Crippen LogP contribution < -0.4 is 10.0 Å². The van der Waals surface area contributed by atoms with Gasteiger partial charge in [-0.3, -0.25) is 4.79 Å². The Morgan fingerprint density at radius 3 is 2.59 bits per heavy atom. The van der Waals surface area contributed by atoms with Gasteiger partial charge in [0.1, 0.15) is 0 Å². The minimum absolute atomic E-state index is 0.0119. The van der Waals surface area contributed by atoms with Crippen LogP contribution >= 0.6 is 0 Å². The van der Waals surface area contributed by atoms with Crippen molar-refractivity contribution >= 4 is 15.9 Å². The van der Waals surface area contributed by atoms with Gasteiger partial charge in [0.05, 0.1) is 18.0 Å². The fourth-order valence-corrected chi connectivity index (χ4v) is 3.36. The number of amides is 1. The van der Waals surface area contributed by atoms with E-state index in [-0.39, 0.29) is 22.9 Å². The molecule has 0 atom stereocenters. The maximum Gasteiger partial charge on any atom is 0.251 e.